The molecule has 0 aromatic rings. The molecule has 0 bridgehead atoms. The van der Waals surface area contributed by atoms with Gasteiger partial charge in [-0.25, -0.2) is 5.43 Å². The second kappa shape index (κ2) is 1.78. The second-order valence-corrected chi connectivity index (χ2v) is 2.00. The first kappa shape index (κ1) is 5.03. The number of nitrogens with one attached hydrogen (secondary N) is 2. The summed E-state index contributed by atoms with van der Waals surface area (Å²) in [4.78, 5) is 2.14. The Morgan fingerprint density at radius 2 is 2.14 bits per heavy atom. The number of likely N-dealkylation sites (N-methyl/N-ethyl adjacent to an activating group) is 1. The molecule has 7 heavy (non-hydrogen) atoms. The summed E-state index contributed by atoms with van der Waals surface area (Å²) in [5.74, 6) is 0. The molecule has 0 radical (unpaired) electrons. The maximum atomic E-state index is 3.02. The molecular formula is C4H11N3. The highest BCUT2D eigenvalue weighted by molar-refractivity contribution is 4.70. The average Bonchev–Trinajstić information content (AvgIpc) is 1.23. The van der Waals surface area contributed by atoms with E-state index in [0.717, 1.165) is 6.54 Å². The predicted molar refractivity (Wildman–Crippen MR) is 28.6 cm³/mol. The van der Waals surface area contributed by atoms with E-state index in [1.807, 2.05) is 0 Å². The van der Waals surface area contributed by atoms with Gasteiger partial charge < -0.3 is 0 Å². The van der Waals surface area contributed by atoms with E-state index in [4.69, 9.17) is 0 Å². The molecule has 0 aliphatic carbocycles. The summed E-state index contributed by atoms with van der Waals surface area (Å²) in [5.41, 5.74) is 5.97. The van der Waals surface area contributed by atoms with Gasteiger partial charge in [-0.15, -0.1) is 0 Å². The van der Waals surface area contributed by atoms with Crippen LogP contribution >= 0.6 is 0 Å². The van der Waals surface area contributed by atoms with Crippen LogP contribution in [0.15, 0.2) is 0 Å². The Morgan fingerprint density at radius 1 is 1.57 bits per heavy atom. The van der Waals surface area contributed by atoms with Crippen molar-refractivity contribution >= 4 is 0 Å². The van der Waals surface area contributed by atoms with Crippen LogP contribution in [-0.4, -0.2) is 31.7 Å². The van der Waals surface area contributed by atoms with Crippen LogP contribution in [0.5, 0.6) is 0 Å². The van der Waals surface area contributed by atoms with Crippen LogP contribution < -0.4 is 10.9 Å². The van der Waals surface area contributed by atoms with Crippen LogP contribution in [0.1, 0.15) is 0 Å². The van der Waals surface area contributed by atoms with Crippen LogP contribution in [0.2, 0.25) is 0 Å². The van der Waals surface area contributed by atoms with Crippen molar-refractivity contribution in [3.8, 4) is 0 Å². The Bertz CT molecular complexity index is 58.0. The van der Waals surface area contributed by atoms with E-state index in [2.05, 4.69) is 29.8 Å². The summed E-state index contributed by atoms with van der Waals surface area (Å²) >= 11 is 0. The van der Waals surface area contributed by atoms with Crippen molar-refractivity contribution in [1.29, 1.82) is 0 Å². The van der Waals surface area contributed by atoms with Crippen LogP contribution in [0.4, 0.5) is 0 Å². The van der Waals surface area contributed by atoms with Crippen LogP contribution in [0.3, 0.4) is 0 Å². The molecule has 42 valence electrons. The van der Waals surface area contributed by atoms with Gasteiger partial charge in [-0.1, -0.05) is 0 Å². The Kier molecular flexibility index (Phi) is 1.27. The molecule has 3 heteroatoms. The summed E-state index contributed by atoms with van der Waals surface area (Å²) in [5, 5.41) is 0. The molecule has 1 aliphatic heterocycles. The minimum Gasteiger partial charge on any atom is -0.292 e. The maximum absolute atomic E-state index is 3.02. The van der Waals surface area contributed by atoms with E-state index in [1.165, 1.54) is 0 Å². The van der Waals surface area contributed by atoms with Gasteiger partial charge in [-0.05, 0) is 14.1 Å². The van der Waals surface area contributed by atoms with Gasteiger partial charge in [-0.2, -0.15) is 0 Å². The lowest BCUT2D eigenvalue weighted by Gasteiger charge is -2.33. The quantitative estimate of drug-likeness (QED) is 0.443. The van der Waals surface area contributed by atoms with E-state index in [0.29, 0.717) is 6.17 Å². The SMILES string of the molecule is CN(C)C1CNN1. The van der Waals surface area contributed by atoms with Crippen molar-refractivity contribution in [3.63, 3.8) is 0 Å². The Morgan fingerprint density at radius 3 is 2.14 bits per heavy atom. The molecule has 1 aliphatic rings. The predicted octanol–water partition coefficient (Wildman–Crippen LogP) is -1.02. The topological polar surface area (TPSA) is 27.3 Å². The highest BCUT2D eigenvalue weighted by Gasteiger charge is 2.16. The molecule has 1 fully saturated rings. The number of hydrazine groups is 1. The van der Waals surface area contributed by atoms with E-state index in [1.54, 1.807) is 0 Å². The smallest absolute Gasteiger partial charge is 0.0864 e. The zero-order valence-corrected chi connectivity index (χ0v) is 4.73. The van der Waals surface area contributed by atoms with Crippen LogP contribution in [0, 0.1) is 0 Å². The minimum absolute atomic E-state index is 0.556. The number of hydrogen-bond acceptors (Lipinski definition) is 3. The molecule has 0 spiro atoms. The molecule has 1 heterocycles. The van der Waals surface area contributed by atoms with Gasteiger partial charge in [0, 0.05) is 6.54 Å². The van der Waals surface area contributed by atoms with Gasteiger partial charge in [0.25, 0.3) is 0 Å². The third kappa shape index (κ3) is 0.907. The molecule has 2 N–H and O–H groups in total. The van der Waals surface area contributed by atoms with Crippen LogP contribution in [0.25, 0.3) is 0 Å². The maximum Gasteiger partial charge on any atom is 0.0864 e. The highest BCUT2D eigenvalue weighted by Crippen LogP contribution is 1.89. The van der Waals surface area contributed by atoms with Crippen molar-refractivity contribution in [3.05, 3.63) is 0 Å². The van der Waals surface area contributed by atoms with Crippen molar-refractivity contribution in [2.45, 2.75) is 6.17 Å². The summed E-state index contributed by atoms with van der Waals surface area (Å²) in [7, 11) is 4.11. The van der Waals surface area contributed by atoms with E-state index in [9.17, 15) is 0 Å². The molecule has 1 rings (SSSR count). The van der Waals surface area contributed by atoms with Crippen LogP contribution in [-0.2, 0) is 0 Å². The van der Waals surface area contributed by atoms with Gasteiger partial charge in [0.15, 0.2) is 0 Å². The Hall–Kier alpha value is -0.120. The lowest BCUT2D eigenvalue weighted by atomic mass is 10.4. The summed E-state index contributed by atoms with van der Waals surface area (Å²) in [6.07, 6.45) is 0.556. The lowest BCUT2D eigenvalue weighted by molar-refractivity contribution is 0.138. The van der Waals surface area contributed by atoms with Gasteiger partial charge in [-0.3, -0.25) is 10.3 Å². The van der Waals surface area contributed by atoms with Gasteiger partial charge in [0.05, 0.1) is 6.17 Å². The summed E-state index contributed by atoms with van der Waals surface area (Å²) in [6, 6.07) is 0. The molecule has 0 saturated carbocycles. The standard InChI is InChI=1S/C4H11N3/c1-7(2)4-3-5-6-4/h4-6H,3H2,1-2H3. The zero-order valence-electron chi connectivity index (χ0n) is 4.73. The normalized spacial score (nSPS) is 30.4. The molecule has 3 nitrogen and oxygen atoms in total. The molecule has 0 amide bonds. The molecule has 1 atom stereocenters. The average molecular weight is 101 g/mol. The fraction of sp³-hybridized carbons (Fsp3) is 1.00. The van der Waals surface area contributed by atoms with Crippen molar-refractivity contribution < 1.29 is 0 Å². The van der Waals surface area contributed by atoms with Crippen molar-refractivity contribution in [2.24, 2.45) is 0 Å². The first-order chi connectivity index (χ1) is 3.30. The lowest BCUT2D eigenvalue weighted by Crippen LogP contribution is -2.64. The van der Waals surface area contributed by atoms with Gasteiger partial charge in [0.2, 0.25) is 0 Å². The van der Waals surface area contributed by atoms with E-state index < -0.39 is 0 Å². The molecule has 0 aromatic carbocycles. The number of rotatable bonds is 1. The molecular weight excluding hydrogens is 90.1 g/mol. The first-order valence-electron chi connectivity index (χ1n) is 2.45. The summed E-state index contributed by atoms with van der Waals surface area (Å²) in [6.45, 7) is 1.06. The van der Waals surface area contributed by atoms with E-state index >= 15 is 0 Å². The minimum atomic E-state index is 0.556. The van der Waals surface area contributed by atoms with Gasteiger partial charge >= 0.3 is 0 Å². The van der Waals surface area contributed by atoms with Crippen molar-refractivity contribution in [2.75, 3.05) is 20.6 Å². The molecule has 1 unspecified atom stereocenters. The number of hydrogen-bond donors (Lipinski definition) is 2. The van der Waals surface area contributed by atoms with Crippen molar-refractivity contribution in [1.82, 2.24) is 15.8 Å². The number of nitrogens with zero attached hydrogens (tertiary/aromatic N) is 1. The first-order valence-corrected chi connectivity index (χ1v) is 2.45. The molecule has 0 aromatic heterocycles. The zero-order chi connectivity index (χ0) is 5.28. The Balaban J connectivity index is 2.14. The van der Waals surface area contributed by atoms with Gasteiger partial charge in [0.1, 0.15) is 0 Å². The Labute approximate surface area is 43.7 Å². The molecule has 1 saturated heterocycles. The third-order valence-corrected chi connectivity index (χ3v) is 1.19. The van der Waals surface area contributed by atoms with E-state index in [-0.39, 0.29) is 0 Å². The third-order valence-electron chi connectivity index (χ3n) is 1.19. The largest absolute Gasteiger partial charge is 0.292 e. The second-order valence-electron chi connectivity index (χ2n) is 2.00. The monoisotopic (exact) mass is 101 g/mol. The fourth-order valence-electron chi connectivity index (χ4n) is 0.505. The summed E-state index contributed by atoms with van der Waals surface area (Å²) < 4.78 is 0. The highest BCUT2D eigenvalue weighted by atomic mass is 15.5. The fourth-order valence-corrected chi connectivity index (χ4v) is 0.505.